The largest absolute Gasteiger partial charge is 0.374 e. The van der Waals surface area contributed by atoms with E-state index >= 15 is 0 Å². The highest BCUT2D eigenvalue weighted by molar-refractivity contribution is 5.75. The number of carbonyl (C=O) groups is 1. The number of nitrogens with two attached hydrogens (primary N) is 1. The van der Waals surface area contributed by atoms with Crippen molar-refractivity contribution in [2.24, 2.45) is 5.73 Å². The molecule has 0 aliphatic rings. The maximum absolute atomic E-state index is 10.8. The SMILES string of the molecule is CNC(=O)CCOC(C)(C)CN. The fraction of sp³-hybridized carbons (Fsp3) is 0.875. The molecule has 0 unspecified atom stereocenters. The van der Waals surface area contributed by atoms with Crippen LogP contribution in [0.1, 0.15) is 20.3 Å². The van der Waals surface area contributed by atoms with E-state index in [2.05, 4.69) is 5.32 Å². The number of hydrogen-bond donors (Lipinski definition) is 2. The van der Waals surface area contributed by atoms with E-state index in [0.29, 0.717) is 19.6 Å². The zero-order chi connectivity index (χ0) is 9.61. The molecule has 1 amide bonds. The molecule has 3 N–H and O–H groups in total. The molecule has 0 bridgehead atoms. The van der Waals surface area contributed by atoms with E-state index in [-0.39, 0.29) is 11.5 Å². The summed E-state index contributed by atoms with van der Waals surface area (Å²) in [6.45, 7) is 4.68. The Bertz CT molecular complexity index is 146. The molecule has 0 saturated heterocycles. The normalized spacial score (nSPS) is 11.3. The number of carbonyl (C=O) groups excluding carboxylic acids is 1. The first-order chi connectivity index (χ1) is 5.52. The first-order valence-corrected chi connectivity index (χ1v) is 4.06. The molecule has 0 aromatic rings. The van der Waals surface area contributed by atoms with Gasteiger partial charge in [0, 0.05) is 20.0 Å². The van der Waals surface area contributed by atoms with Crippen LogP contribution in [-0.4, -0.2) is 31.7 Å². The van der Waals surface area contributed by atoms with Gasteiger partial charge >= 0.3 is 0 Å². The van der Waals surface area contributed by atoms with E-state index in [4.69, 9.17) is 10.5 Å². The lowest BCUT2D eigenvalue weighted by molar-refractivity contribution is -0.122. The Morgan fingerprint density at radius 1 is 1.58 bits per heavy atom. The van der Waals surface area contributed by atoms with Crippen LogP contribution in [-0.2, 0) is 9.53 Å². The predicted molar refractivity (Wildman–Crippen MR) is 47.8 cm³/mol. The van der Waals surface area contributed by atoms with Gasteiger partial charge < -0.3 is 15.8 Å². The van der Waals surface area contributed by atoms with Crippen LogP contribution in [0.15, 0.2) is 0 Å². The van der Waals surface area contributed by atoms with Crippen molar-refractivity contribution in [3.05, 3.63) is 0 Å². The molecule has 72 valence electrons. The van der Waals surface area contributed by atoms with Crippen LogP contribution in [0.5, 0.6) is 0 Å². The smallest absolute Gasteiger partial charge is 0.222 e. The van der Waals surface area contributed by atoms with Crippen LogP contribution >= 0.6 is 0 Å². The van der Waals surface area contributed by atoms with Gasteiger partial charge in [-0.15, -0.1) is 0 Å². The molecule has 0 aromatic heterocycles. The Kier molecular flexibility index (Phi) is 4.85. The van der Waals surface area contributed by atoms with E-state index in [1.54, 1.807) is 7.05 Å². The zero-order valence-corrected chi connectivity index (χ0v) is 8.02. The summed E-state index contributed by atoms with van der Waals surface area (Å²) in [5.74, 6) is -0.0113. The Morgan fingerprint density at radius 2 is 2.17 bits per heavy atom. The molecule has 0 spiro atoms. The highest BCUT2D eigenvalue weighted by atomic mass is 16.5. The Balaban J connectivity index is 3.49. The molecule has 0 aliphatic carbocycles. The number of amides is 1. The fourth-order valence-corrected chi connectivity index (χ4v) is 0.604. The van der Waals surface area contributed by atoms with E-state index < -0.39 is 0 Å². The summed E-state index contributed by atoms with van der Waals surface area (Å²) < 4.78 is 5.37. The number of nitrogens with one attached hydrogen (secondary N) is 1. The molecule has 4 nitrogen and oxygen atoms in total. The van der Waals surface area contributed by atoms with Crippen molar-refractivity contribution in [2.45, 2.75) is 25.9 Å². The fourth-order valence-electron chi connectivity index (χ4n) is 0.604. The quantitative estimate of drug-likeness (QED) is 0.610. The summed E-state index contributed by atoms with van der Waals surface area (Å²) in [5.41, 5.74) is 5.10. The molecular formula is C8H18N2O2. The molecule has 0 aromatic carbocycles. The van der Waals surface area contributed by atoms with E-state index in [9.17, 15) is 4.79 Å². The molecule has 12 heavy (non-hydrogen) atoms. The highest BCUT2D eigenvalue weighted by Gasteiger charge is 2.15. The zero-order valence-electron chi connectivity index (χ0n) is 8.02. The van der Waals surface area contributed by atoms with Gasteiger partial charge in [-0.1, -0.05) is 0 Å². The van der Waals surface area contributed by atoms with Crippen molar-refractivity contribution in [2.75, 3.05) is 20.2 Å². The van der Waals surface area contributed by atoms with Gasteiger partial charge in [0.1, 0.15) is 0 Å². The standard InChI is InChI=1S/C8H18N2O2/c1-8(2,6-9)12-5-4-7(11)10-3/h4-6,9H2,1-3H3,(H,10,11). The summed E-state index contributed by atoms with van der Waals surface area (Å²) in [6, 6.07) is 0. The summed E-state index contributed by atoms with van der Waals surface area (Å²) >= 11 is 0. The van der Waals surface area contributed by atoms with Crippen LogP contribution in [0.4, 0.5) is 0 Å². The number of rotatable bonds is 5. The van der Waals surface area contributed by atoms with Gasteiger partial charge in [0.05, 0.1) is 12.2 Å². The molecule has 0 fully saturated rings. The minimum absolute atomic E-state index is 0.0113. The maximum atomic E-state index is 10.8. The second kappa shape index (κ2) is 5.11. The topological polar surface area (TPSA) is 64.3 Å². The second-order valence-electron chi connectivity index (χ2n) is 3.24. The first-order valence-electron chi connectivity index (χ1n) is 4.06. The minimum Gasteiger partial charge on any atom is -0.374 e. The summed E-state index contributed by atoms with van der Waals surface area (Å²) in [5, 5.41) is 2.52. The predicted octanol–water partition coefficient (Wildman–Crippen LogP) is -0.124. The molecule has 0 aliphatic heterocycles. The van der Waals surface area contributed by atoms with Gasteiger partial charge in [-0.3, -0.25) is 4.79 Å². The highest BCUT2D eigenvalue weighted by Crippen LogP contribution is 2.06. The van der Waals surface area contributed by atoms with E-state index in [1.807, 2.05) is 13.8 Å². The van der Waals surface area contributed by atoms with Gasteiger partial charge in [0.15, 0.2) is 0 Å². The van der Waals surface area contributed by atoms with E-state index in [0.717, 1.165) is 0 Å². The van der Waals surface area contributed by atoms with E-state index in [1.165, 1.54) is 0 Å². The van der Waals surface area contributed by atoms with Gasteiger partial charge in [-0.05, 0) is 13.8 Å². The third-order valence-corrected chi connectivity index (χ3v) is 1.59. The Hall–Kier alpha value is -0.610. The van der Waals surface area contributed by atoms with Crippen LogP contribution < -0.4 is 11.1 Å². The minimum atomic E-state index is -0.325. The average molecular weight is 174 g/mol. The van der Waals surface area contributed by atoms with Gasteiger partial charge in [0.2, 0.25) is 5.91 Å². The number of ether oxygens (including phenoxy) is 1. The average Bonchev–Trinajstić information content (AvgIpc) is 2.04. The maximum Gasteiger partial charge on any atom is 0.222 e. The molecule has 0 rings (SSSR count). The molecule has 0 heterocycles. The molecule has 0 atom stereocenters. The first kappa shape index (κ1) is 11.4. The second-order valence-corrected chi connectivity index (χ2v) is 3.24. The third-order valence-electron chi connectivity index (χ3n) is 1.59. The van der Waals surface area contributed by atoms with Gasteiger partial charge in [0.25, 0.3) is 0 Å². The van der Waals surface area contributed by atoms with Crippen molar-refractivity contribution >= 4 is 5.91 Å². The molecule has 4 heteroatoms. The summed E-state index contributed by atoms with van der Waals surface area (Å²) in [6.07, 6.45) is 0.389. The molecular weight excluding hydrogens is 156 g/mol. The van der Waals surface area contributed by atoms with Gasteiger partial charge in [-0.25, -0.2) is 0 Å². The lowest BCUT2D eigenvalue weighted by atomic mass is 10.1. The third kappa shape index (κ3) is 5.09. The van der Waals surface area contributed by atoms with Crippen molar-refractivity contribution < 1.29 is 9.53 Å². The monoisotopic (exact) mass is 174 g/mol. The summed E-state index contributed by atoms with van der Waals surface area (Å²) in [4.78, 5) is 10.8. The van der Waals surface area contributed by atoms with Crippen LogP contribution in [0.3, 0.4) is 0 Å². The van der Waals surface area contributed by atoms with Crippen LogP contribution in [0, 0.1) is 0 Å². The number of hydrogen-bond acceptors (Lipinski definition) is 3. The van der Waals surface area contributed by atoms with Gasteiger partial charge in [-0.2, -0.15) is 0 Å². The van der Waals surface area contributed by atoms with Crippen molar-refractivity contribution in [1.29, 1.82) is 0 Å². The Labute approximate surface area is 73.5 Å². The van der Waals surface area contributed by atoms with Crippen molar-refractivity contribution in [1.82, 2.24) is 5.32 Å². The van der Waals surface area contributed by atoms with Crippen molar-refractivity contribution in [3.8, 4) is 0 Å². The van der Waals surface area contributed by atoms with Crippen LogP contribution in [0.25, 0.3) is 0 Å². The Morgan fingerprint density at radius 3 is 2.58 bits per heavy atom. The molecule has 0 radical (unpaired) electrons. The van der Waals surface area contributed by atoms with Crippen molar-refractivity contribution in [3.63, 3.8) is 0 Å². The lowest BCUT2D eigenvalue weighted by Crippen LogP contribution is -2.35. The molecule has 0 saturated carbocycles. The lowest BCUT2D eigenvalue weighted by Gasteiger charge is -2.22. The van der Waals surface area contributed by atoms with Crippen LogP contribution in [0.2, 0.25) is 0 Å². The summed E-state index contributed by atoms with van der Waals surface area (Å²) in [7, 11) is 1.61.